The summed E-state index contributed by atoms with van der Waals surface area (Å²) >= 11 is 0. The fraction of sp³-hybridized carbons (Fsp3) is 0.118. The van der Waals surface area contributed by atoms with E-state index in [0.717, 1.165) is 6.92 Å². The van der Waals surface area contributed by atoms with Gasteiger partial charge in [0.15, 0.2) is 0 Å². The Labute approximate surface area is 112 Å². The molecule has 2 heteroatoms. The van der Waals surface area contributed by atoms with Gasteiger partial charge in [-0.05, 0) is 34.0 Å². The third kappa shape index (κ3) is 2.91. The van der Waals surface area contributed by atoms with Crippen molar-refractivity contribution in [3.8, 4) is 0 Å². The van der Waals surface area contributed by atoms with Crippen LogP contribution >= 0.6 is 0 Å². The molecule has 0 aromatic heterocycles. The molecule has 0 atom stereocenters. The van der Waals surface area contributed by atoms with Crippen molar-refractivity contribution in [3.63, 3.8) is 0 Å². The van der Waals surface area contributed by atoms with E-state index in [1.165, 1.54) is 27.1 Å². The van der Waals surface area contributed by atoms with Gasteiger partial charge in [-0.3, -0.25) is 4.79 Å². The minimum absolute atomic E-state index is 0.833. The maximum atomic E-state index is 9.00. The van der Waals surface area contributed by atoms with Gasteiger partial charge in [-0.2, -0.15) is 0 Å². The van der Waals surface area contributed by atoms with Crippen LogP contribution in [0.5, 0.6) is 0 Å². The van der Waals surface area contributed by atoms with E-state index in [-0.39, 0.29) is 0 Å². The SMILES string of the molecule is CC(=O)O.Cc1cccc2c1ccc1ccccc12. The number of hydrogen-bond donors (Lipinski definition) is 1. The highest BCUT2D eigenvalue weighted by Gasteiger charge is 2.00. The van der Waals surface area contributed by atoms with Gasteiger partial charge in [0.05, 0.1) is 0 Å². The van der Waals surface area contributed by atoms with Gasteiger partial charge >= 0.3 is 0 Å². The summed E-state index contributed by atoms with van der Waals surface area (Å²) in [5.41, 5.74) is 1.35. The van der Waals surface area contributed by atoms with Crippen molar-refractivity contribution in [1.29, 1.82) is 0 Å². The van der Waals surface area contributed by atoms with Crippen molar-refractivity contribution < 1.29 is 9.90 Å². The molecule has 1 N–H and O–H groups in total. The Bertz CT molecular complexity index is 725. The van der Waals surface area contributed by atoms with Crippen LogP contribution in [0, 0.1) is 6.92 Å². The predicted octanol–water partition coefficient (Wildman–Crippen LogP) is 4.39. The summed E-state index contributed by atoms with van der Waals surface area (Å²) in [6.45, 7) is 3.25. The third-order valence-corrected chi connectivity index (χ3v) is 3.00. The smallest absolute Gasteiger partial charge is 0.300 e. The molecular formula is C17H16O2. The molecule has 0 heterocycles. The topological polar surface area (TPSA) is 37.3 Å². The number of fused-ring (bicyclic) bond motifs is 3. The Balaban J connectivity index is 0.000000297. The molecule has 0 spiro atoms. The number of rotatable bonds is 0. The van der Waals surface area contributed by atoms with Gasteiger partial charge in [0, 0.05) is 6.92 Å². The monoisotopic (exact) mass is 252 g/mol. The zero-order valence-corrected chi connectivity index (χ0v) is 11.1. The lowest BCUT2D eigenvalue weighted by Crippen LogP contribution is -1.80. The van der Waals surface area contributed by atoms with E-state index in [1.54, 1.807) is 0 Å². The number of carboxylic acids is 1. The molecule has 2 nitrogen and oxygen atoms in total. The van der Waals surface area contributed by atoms with E-state index in [0.29, 0.717) is 0 Å². The van der Waals surface area contributed by atoms with E-state index < -0.39 is 5.97 Å². The predicted molar refractivity (Wildman–Crippen MR) is 79.5 cm³/mol. The lowest BCUT2D eigenvalue weighted by molar-refractivity contribution is -0.134. The number of aliphatic carboxylic acids is 1. The van der Waals surface area contributed by atoms with Crippen molar-refractivity contribution in [2.75, 3.05) is 0 Å². The summed E-state index contributed by atoms with van der Waals surface area (Å²) in [6.07, 6.45) is 0. The van der Waals surface area contributed by atoms with Crippen molar-refractivity contribution in [2.45, 2.75) is 13.8 Å². The Morgan fingerprint density at radius 2 is 1.47 bits per heavy atom. The summed E-state index contributed by atoms with van der Waals surface area (Å²) in [5, 5.41) is 12.8. The molecule has 0 aliphatic carbocycles. The molecule has 0 fully saturated rings. The minimum atomic E-state index is -0.833. The Hall–Kier alpha value is -2.35. The fourth-order valence-corrected chi connectivity index (χ4v) is 2.20. The van der Waals surface area contributed by atoms with Crippen molar-refractivity contribution in [3.05, 3.63) is 60.2 Å². The van der Waals surface area contributed by atoms with Crippen LogP contribution in [0.25, 0.3) is 21.5 Å². The Morgan fingerprint density at radius 1 is 0.842 bits per heavy atom. The minimum Gasteiger partial charge on any atom is -0.481 e. The first kappa shape index (κ1) is 13.1. The molecule has 0 aliphatic heterocycles. The molecule has 0 unspecified atom stereocenters. The molecule has 0 saturated carbocycles. The highest BCUT2D eigenvalue weighted by Crippen LogP contribution is 2.26. The van der Waals surface area contributed by atoms with Crippen LogP contribution in [-0.4, -0.2) is 11.1 Å². The van der Waals surface area contributed by atoms with Gasteiger partial charge in [0.25, 0.3) is 5.97 Å². The zero-order valence-electron chi connectivity index (χ0n) is 11.1. The van der Waals surface area contributed by atoms with Crippen LogP contribution < -0.4 is 0 Å². The molecule has 0 radical (unpaired) electrons. The molecule has 3 rings (SSSR count). The molecule has 0 aliphatic rings. The average molecular weight is 252 g/mol. The summed E-state index contributed by atoms with van der Waals surface area (Å²) in [4.78, 5) is 9.00. The van der Waals surface area contributed by atoms with E-state index in [4.69, 9.17) is 9.90 Å². The maximum Gasteiger partial charge on any atom is 0.300 e. The van der Waals surface area contributed by atoms with Gasteiger partial charge < -0.3 is 5.11 Å². The first-order chi connectivity index (χ1) is 9.09. The van der Waals surface area contributed by atoms with E-state index in [9.17, 15) is 0 Å². The van der Waals surface area contributed by atoms with Crippen LogP contribution in [0.15, 0.2) is 54.6 Å². The molecule has 3 aromatic carbocycles. The molecule has 19 heavy (non-hydrogen) atoms. The van der Waals surface area contributed by atoms with E-state index in [1.807, 2.05) is 0 Å². The molecule has 0 amide bonds. The van der Waals surface area contributed by atoms with Crippen molar-refractivity contribution in [1.82, 2.24) is 0 Å². The molecule has 96 valence electrons. The summed E-state index contributed by atoms with van der Waals surface area (Å²) < 4.78 is 0. The number of hydrogen-bond acceptors (Lipinski definition) is 1. The lowest BCUT2D eigenvalue weighted by atomic mass is 9.99. The van der Waals surface area contributed by atoms with Gasteiger partial charge in [-0.1, -0.05) is 54.6 Å². The highest BCUT2D eigenvalue weighted by molar-refractivity contribution is 6.08. The largest absolute Gasteiger partial charge is 0.481 e. The second kappa shape index (κ2) is 5.53. The molecule has 0 saturated heterocycles. The average Bonchev–Trinajstić information content (AvgIpc) is 2.38. The molecule has 3 aromatic rings. The van der Waals surface area contributed by atoms with Crippen LogP contribution in [-0.2, 0) is 4.79 Å². The summed E-state index contributed by atoms with van der Waals surface area (Å²) in [7, 11) is 0. The van der Waals surface area contributed by atoms with Gasteiger partial charge in [-0.25, -0.2) is 0 Å². The Morgan fingerprint density at radius 3 is 2.21 bits per heavy atom. The number of carboxylic acid groups (broad SMARTS) is 1. The summed E-state index contributed by atoms with van der Waals surface area (Å²) in [5.74, 6) is -0.833. The Kier molecular flexibility index (Phi) is 3.81. The second-order valence-corrected chi connectivity index (χ2v) is 4.48. The number of benzene rings is 3. The first-order valence-corrected chi connectivity index (χ1v) is 6.16. The summed E-state index contributed by atoms with van der Waals surface area (Å²) in [6, 6.07) is 19.5. The first-order valence-electron chi connectivity index (χ1n) is 6.16. The van der Waals surface area contributed by atoms with Gasteiger partial charge in [-0.15, -0.1) is 0 Å². The normalized spacial score (nSPS) is 10.0. The van der Waals surface area contributed by atoms with E-state index in [2.05, 4.69) is 61.5 Å². The quantitative estimate of drug-likeness (QED) is 0.602. The van der Waals surface area contributed by atoms with Crippen molar-refractivity contribution in [2.24, 2.45) is 0 Å². The fourth-order valence-electron chi connectivity index (χ4n) is 2.20. The van der Waals surface area contributed by atoms with Crippen molar-refractivity contribution >= 4 is 27.5 Å². The van der Waals surface area contributed by atoms with Crippen LogP contribution in [0.1, 0.15) is 12.5 Å². The number of carbonyl (C=O) groups is 1. The molecule has 0 bridgehead atoms. The van der Waals surface area contributed by atoms with Crippen LogP contribution in [0.2, 0.25) is 0 Å². The second-order valence-electron chi connectivity index (χ2n) is 4.48. The zero-order chi connectivity index (χ0) is 13.8. The lowest BCUT2D eigenvalue weighted by Gasteiger charge is -2.05. The number of aryl methyl sites for hydroxylation is 1. The standard InChI is InChI=1S/C15H12.C2H4O2/c1-11-5-4-8-15-13(11)10-9-12-6-2-3-7-14(12)15;1-2(3)4/h2-10H,1H3;1H3,(H,3,4). The highest BCUT2D eigenvalue weighted by atomic mass is 16.4. The van der Waals surface area contributed by atoms with Crippen LogP contribution in [0.3, 0.4) is 0 Å². The maximum absolute atomic E-state index is 9.00. The van der Waals surface area contributed by atoms with E-state index >= 15 is 0 Å². The third-order valence-electron chi connectivity index (χ3n) is 3.00. The van der Waals surface area contributed by atoms with Crippen LogP contribution in [0.4, 0.5) is 0 Å². The van der Waals surface area contributed by atoms with Gasteiger partial charge in [0.1, 0.15) is 0 Å². The molecular weight excluding hydrogens is 236 g/mol. The van der Waals surface area contributed by atoms with Gasteiger partial charge in [0.2, 0.25) is 0 Å².